The monoisotopic (exact) mass is 404 g/mol. The molecule has 1 fully saturated rings. The second kappa shape index (κ2) is 6.79. The number of fused-ring (bicyclic) bond motifs is 2. The molecule has 9 heteroatoms. The molecule has 0 aromatic carbocycles. The van der Waals surface area contributed by atoms with Crippen LogP contribution in [0, 0.1) is 5.92 Å². The zero-order chi connectivity index (χ0) is 20.9. The van der Waals surface area contributed by atoms with Crippen LogP contribution in [0.5, 0.6) is 0 Å². The van der Waals surface area contributed by atoms with Crippen molar-refractivity contribution in [2.45, 2.75) is 26.2 Å². The molecule has 154 valence electrons. The van der Waals surface area contributed by atoms with Crippen LogP contribution in [0.1, 0.15) is 26.6 Å². The van der Waals surface area contributed by atoms with Crippen molar-refractivity contribution in [3.8, 4) is 0 Å². The van der Waals surface area contributed by atoms with E-state index in [9.17, 15) is 4.79 Å². The molecule has 0 spiro atoms. The van der Waals surface area contributed by atoms with Crippen LogP contribution in [0.3, 0.4) is 0 Å². The van der Waals surface area contributed by atoms with Gasteiger partial charge in [0.2, 0.25) is 0 Å². The van der Waals surface area contributed by atoms with E-state index in [4.69, 9.17) is 5.10 Å². The molecule has 0 unspecified atom stereocenters. The lowest BCUT2D eigenvalue weighted by molar-refractivity contribution is 0.423. The largest absolute Gasteiger partial charge is 0.369 e. The van der Waals surface area contributed by atoms with Gasteiger partial charge in [-0.25, -0.2) is 4.98 Å². The van der Waals surface area contributed by atoms with Crippen molar-refractivity contribution in [3.05, 3.63) is 58.8 Å². The summed E-state index contributed by atoms with van der Waals surface area (Å²) in [5, 5.41) is 16.6. The maximum Gasteiger partial charge on any atom is 0.259 e. The van der Waals surface area contributed by atoms with E-state index in [1.165, 1.54) is 4.40 Å². The molecule has 4 aromatic heterocycles. The fraction of sp³-hybridized carbons (Fsp3) is 0.381. The third-order valence-corrected chi connectivity index (χ3v) is 5.34. The molecular weight excluding hydrogens is 380 g/mol. The van der Waals surface area contributed by atoms with Crippen LogP contribution in [-0.2, 0) is 5.41 Å². The molecule has 1 saturated heterocycles. The van der Waals surface area contributed by atoms with Crippen LogP contribution in [-0.4, -0.2) is 48.8 Å². The maximum atomic E-state index is 12.2. The molecule has 0 aliphatic carbocycles. The van der Waals surface area contributed by atoms with Crippen molar-refractivity contribution < 1.29 is 0 Å². The van der Waals surface area contributed by atoms with Gasteiger partial charge in [0.15, 0.2) is 11.5 Å². The average molecular weight is 404 g/mol. The van der Waals surface area contributed by atoms with Crippen molar-refractivity contribution in [2.75, 3.05) is 29.9 Å². The Bertz CT molecular complexity index is 1280. The van der Waals surface area contributed by atoms with E-state index in [0.717, 1.165) is 36.9 Å². The highest BCUT2D eigenvalue weighted by atomic mass is 16.1. The average Bonchev–Trinajstić information content (AvgIpc) is 3.10. The number of anilines is 2. The molecule has 1 aliphatic rings. The lowest BCUT2D eigenvalue weighted by Crippen LogP contribution is -2.50. The second-order valence-electron chi connectivity index (χ2n) is 8.80. The molecule has 0 bridgehead atoms. The summed E-state index contributed by atoms with van der Waals surface area (Å²) in [7, 11) is 0. The van der Waals surface area contributed by atoms with Gasteiger partial charge in [-0.1, -0.05) is 26.8 Å². The van der Waals surface area contributed by atoms with Crippen LogP contribution in [0.25, 0.3) is 11.3 Å². The van der Waals surface area contributed by atoms with Crippen LogP contribution < -0.4 is 15.8 Å². The Hall–Kier alpha value is -3.49. The van der Waals surface area contributed by atoms with Crippen molar-refractivity contribution in [1.82, 2.24) is 29.2 Å². The van der Waals surface area contributed by atoms with E-state index in [-0.39, 0.29) is 11.0 Å². The Labute approximate surface area is 173 Å². The fourth-order valence-electron chi connectivity index (χ4n) is 3.69. The molecule has 0 amide bonds. The van der Waals surface area contributed by atoms with Gasteiger partial charge in [-0.15, -0.1) is 15.3 Å². The molecule has 0 radical (unpaired) electrons. The highest BCUT2D eigenvalue weighted by Crippen LogP contribution is 2.25. The first kappa shape index (κ1) is 18.5. The lowest BCUT2D eigenvalue weighted by Gasteiger charge is -2.40. The number of nitrogens with one attached hydrogen (secondary N) is 1. The maximum absolute atomic E-state index is 12.2. The van der Waals surface area contributed by atoms with Crippen LogP contribution >= 0.6 is 0 Å². The number of hydrogen-bond acceptors (Lipinski definition) is 7. The van der Waals surface area contributed by atoms with Gasteiger partial charge in [0.1, 0.15) is 17.3 Å². The highest BCUT2D eigenvalue weighted by molar-refractivity contribution is 5.49. The molecule has 0 saturated carbocycles. The van der Waals surface area contributed by atoms with E-state index in [2.05, 4.69) is 46.2 Å². The van der Waals surface area contributed by atoms with Crippen molar-refractivity contribution in [3.63, 3.8) is 0 Å². The van der Waals surface area contributed by atoms with E-state index in [1.54, 1.807) is 12.3 Å². The number of pyridine rings is 1. The Morgan fingerprint density at radius 2 is 1.93 bits per heavy atom. The molecule has 5 heterocycles. The quantitative estimate of drug-likeness (QED) is 0.556. The van der Waals surface area contributed by atoms with E-state index < -0.39 is 0 Å². The molecular formula is C21H24N8O. The zero-order valence-corrected chi connectivity index (χ0v) is 17.3. The second-order valence-corrected chi connectivity index (χ2v) is 8.80. The van der Waals surface area contributed by atoms with Gasteiger partial charge in [-0.3, -0.25) is 9.20 Å². The predicted molar refractivity (Wildman–Crippen MR) is 115 cm³/mol. The van der Waals surface area contributed by atoms with Crippen LogP contribution in [0.2, 0.25) is 0 Å². The Balaban J connectivity index is 1.25. The highest BCUT2D eigenvalue weighted by Gasteiger charge is 2.29. The van der Waals surface area contributed by atoms with Gasteiger partial charge < -0.3 is 10.2 Å². The van der Waals surface area contributed by atoms with E-state index in [1.807, 2.05) is 34.8 Å². The van der Waals surface area contributed by atoms with Gasteiger partial charge >= 0.3 is 0 Å². The summed E-state index contributed by atoms with van der Waals surface area (Å²) in [6.45, 7) is 8.87. The summed E-state index contributed by atoms with van der Waals surface area (Å²) in [6, 6.07) is 11.0. The molecule has 1 N–H and O–H groups in total. The first-order valence-electron chi connectivity index (χ1n) is 10.1. The van der Waals surface area contributed by atoms with E-state index >= 15 is 0 Å². The summed E-state index contributed by atoms with van der Waals surface area (Å²) in [6.07, 6.45) is 1.73. The van der Waals surface area contributed by atoms with Gasteiger partial charge in [-0.2, -0.15) is 4.52 Å². The molecule has 1 aliphatic heterocycles. The Kier molecular flexibility index (Phi) is 4.19. The molecule has 30 heavy (non-hydrogen) atoms. The van der Waals surface area contributed by atoms with Crippen LogP contribution in [0.4, 0.5) is 11.6 Å². The SMILES string of the molecule is CC(C)(C)c1nnc2ccc(N3CC(CNc4cc(=O)n5ccccc5n4)C3)nn12. The fourth-order valence-corrected chi connectivity index (χ4v) is 3.69. The number of hydrogen-bond donors (Lipinski definition) is 1. The third-order valence-electron chi connectivity index (χ3n) is 5.34. The summed E-state index contributed by atoms with van der Waals surface area (Å²) >= 11 is 0. The van der Waals surface area contributed by atoms with Gasteiger partial charge in [0.25, 0.3) is 5.56 Å². The minimum Gasteiger partial charge on any atom is -0.369 e. The summed E-state index contributed by atoms with van der Waals surface area (Å²) in [4.78, 5) is 19.0. The summed E-state index contributed by atoms with van der Waals surface area (Å²) < 4.78 is 3.38. The van der Waals surface area contributed by atoms with E-state index in [0.29, 0.717) is 17.4 Å². The Morgan fingerprint density at radius 1 is 1.10 bits per heavy atom. The number of nitrogens with zero attached hydrogens (tertiary/aromatic N) is 7. The minimum atomic E-state index is -0.127. The third kappa shape index (κ3) is 3.26. The minimum absolute atomic E-state index is 0.0839. The number of aromatic nitrogens is 6. The van der Waals surface area contributed by atoms with Crippen molar-refractivity contribution in [2.24, 2.45) is 5.92 Å². The molecule has 0 atom stereocenters. The predicted octanol–water partition coefficient (Wildman–Crippen LogP) is 1.98. The standard InChI is InChI=1S/C21H24N8O/c1-21(2,3)20-25-24-17-7-8-18(26-29(17)20)27-12-14(13-27)11-22-15-10-19(30)28-9-5-4-6-16(28)23-15/h4-10,14,22H,11-13H2,1-3H3. The number of rotatable bonds is 4. The van der Waals surface area contributed by atoms with Gasteiger partial charge in [0.05, 0.1) is 0 Å². The summed E-state index contributed by atoms with van der Waals surface area (Å²) in [5.41, 5.74) is 1.19. The smallest absolute Gasteiger partial charge is 0.259 e. The zero-order valence-electron chi connectivity index (χ0n) is 17.3. The lowest BCUT2D eigenvalue weighted by atomic mass is 9.96. The first-order valence-corrected chi connectivity index (χ1v) is 10.1. The Morgan fingerprint density at radius 3 is 2.73 bits per heavy atom. The molecule has 4 aromatic rings. The van der Waals surface area contributed by atoms with Crippen molar-refractivity contribution in [1.29, 1.82) is 0 Å². The summed E-state index contributed by atoms with van der Waals surface area (Å²) in [5.74, 6) is 2.85. The molecule has 5 rings (SSSR count). The molecule has 9 nitrogen and oxygen atoms in total. The van der Waals surface area contributed by atoms with Gasteiger partial charge in [-0.05, 0) is 24.3 Å². The first-order chi connectivity index (χ1) is 14.4. The van der Waals surface area contributed by atoms with Gasteiger partial charge in [0, 0.05) is 43.2 Å². The van der Waals surface area contributed by atoms with Crippen molar-refractivity contribution >= 4 is 22.9 Å². The van der Waals surface area contributed by atoms with Crippen LogP contribution in [0.15, 0.2) is 47.4 Å². The normalized spacial score (nSPS) is 15.0. The topological polar surface area (TPSA) is 92.7 Å².